The second kappa shape index (κ2) is 5.92. The number of hydrogen-bond acceptors (Lipinski definition) is 3. The van der Waals surface area contributed by atoms with Crippen molar-refractivity contribution in [3.8, 4) is 0 Å². The zero-order chi connectivity index (χ0) is 13.9. The average Bonchev–Trinajstić information content (AvgIpc) is 2.67. The van der Waals surface area contributed by atoms with E-state index in [1.807, 2.05) is 18.2 Å². The molecule has 0 bridgehead atoms. The van der Waals surface area contributed by atoms with E-state index in [2.05, 4.69) is 5.32 Å². The molecule has 0 radical (unpaired) electrons. The summed E-state index contributed by atoms with van der Waals surface area (Å²) in [7, 11) is -2.95. The number of amides is 1. The molecule has 1 unspecified atom stereocenters. The molecule has 1 aliphatic rings. The van der Waals surface area contributed by atoms with Crippen LogP contribution >= 0.6 is 11.6 Å². The summed E-state index contributed by atoms with van der Waals surface area (Å²) in [6.07, 6.45) is 1.39. The van der Waals surface area contributed by atoms with Crippen LogP contribution in [0, 0.1) is 0 Å². The highest BCUT2D eigenvalue weighted by Crippen LogP contribution is 2.17. The van der Waals surface area contributed by atoms with Crippen molar-refractivity contribution in [3.05, 3.63) is 34.9 Å². The lowest BCUT2D eigenvalue weighted by Crippen LogP contribution is -2.35. The first-order valence-corrected chi connectivity index (χ1v) is 8.39. The van der Waals surface area contributed by atoms with E-state index in [0.717, 1.165) is 5.56 Å². The van der Waals surface area contributed by atoms with Crippen LogP contribution in [0.1, 0.15) is 18.4 Å². The maximum atomic E-state index is 11.7. The number of benzene rings is 1. The monoisotopic (exact) mass is 301 g/mol. The Bertz CT molecular complexity index is 571. The summed E-state index contributed by atoms with van der Waals surface area (Å²) >= 11 is 6.00. The van der Waals surface area contributed by atoms with Gasteiger partial charge in [0.15, 0.2) is 9.84 Å². The molecule has 0 saturated carbocycles. The van der Waals surface area contributed by atoms with Crippen LogP contribution in [0.3, 0.4) is 0 Å². The summed E-state index contributed by atoms with van der Waals surface area (Å²) in [6.45, 7) is 0. The van der Waals surface area contributed by atoms with Crippen LogP contribution in [0.5, 0.6) is 0 Å². The Morgan fingerprint density at radius 1 is 1.37 bits per heavy atom. The largest absolute Gasteiger partial charge is 0.352 e. The minimum atomic E-state index is -2.95. The van der Waals surface area contributed by atoms with Gasteiger partial charge >= 0.3 is 0 Å². The van der Waals surface area contributed by atoms with Crippen LogP contribution in [-0.2, 0) is 21.1 Å². The Kier molecular flexibility index (Phi) is 4.47. The maximum absolute atomic E-state index is 11.7. The molecule has 0 aromatic heterocycles. The molecule has 1 N–H and O–H groups in total. The zero-order valence-corrected chi connectivity index (χ0v) is 12.0. The van der Waals surface area contributed by atoms with E-state index in [4.69, 9.17) is 11.6 Å². The van der Waals surface area contributed by atoms with E-state index in [9.17, 15) is 13.2 Å². The highest BCUT2D eigenvalue weighted by atomic mass is 35.5. The second-order valence-corrected chi connectivity index (χ2v) is 7.39. The molecule has 19 heavy (non-hydrogen) atoms. The van der Waals surface area contributed by atoms with Crippen molar-refractivity contribution in [1.29, 1.82) is 0 Å². The standard InChI is InChI=1S/C13H16ClNO3S/c14-12-4-2-1-3-10(12)5-6-13(16)15-11-7-8-19(17,18)9-11/h1-4,11H,5-9H2,(H,15,16). The smallest absolute Gasteiger partial charge is 0.220 e. The molecular weight excluding hydrogens is 286 g/mol. The Labute approximate surface area is 118 Å². The van der Waals surface area contributed by atoms with E-state index in [1.165, 1.54) is 0 Å². The lowest BCUT2D eigenvalue weighted by atomic mass is 10.1. The van der Waals surface area contributed by atoms with Crippen molar-refractivity contribution < 1.29 is 13.2 Å². The zero-order valence-electron chi connectivity index (χ0n) is 10.4. The Hall–Kier alpha value is -1.07. The van der Waals surface area contributed by atoms with Gasteiger partial charge in [0, 0.05) is 17.5 Å². The first-order valence-electron chi connectivity index (χ1n) is 6.19. The van der Waals surface area contributed by atoms with E-state index < -0.39 is 9.84 Å². The number of sulfone groups is 1. The third kappa shape index (κ3) is 4.21. The number of rotatable bonds is 4. The molecule has 1 amide bonds. The van der Waals surface area contributed by atoms with Gasteiger partial charge in [-0.1, -0.05) is 29.8 Å². The second-order valence-electron chi connectivity index (χ2n) is 4.76. The van der Waals surface area contributed by atoms with E-state index in [-0.39, 0.29) is 23.5 Å². The minimum Gasteiger partial charge on any atom is -0.352 e. The molecule has 0 aliphatic carbocycles. The molecule has 1 aromatic carbocycles. The molecule has 1 heterocycles. The molecule has 4 nitrogen and oxygen atoms in total. The van der Waals surface area contributed by atoms with Gasteiger partial charge in [-0.15, -0.1) is 0 Å². The molecule has 104 valence electrons. The number of hydrogen-bond donors (Lipinski definition) is 1. The third-order valence-electron chi connectivity index (χ3n) is 3.18. The van der Waals surface area contributed by atoms with E-state index >= 15 is 0 Å². The van der Waals surface area contributed by atoms with Crippen molar-refractivity contribution in [1.82, 2.24) is 5.32 Å². The minimum absolute atomic E-state index is 0.0604. The molecule has 2 rings (SSSR count). The molecule has 0 spiro atoms. The van der Waals surface area contributed by atoms with Gasteiger partial charge in [0.1, 0.15) is 0 Å². The van der Waals surface area contributed by atoms with Crippen LogP contribution in [0.2, 0.25) is 5.02 Å². The fourth-order valence-corrected chi connectivity index (χ4v) is 4.06. The lowest BCUT2D eigenvalue weighted by Gasteiger charge is -2.11. The molecule has 1 atom stereocenters. The molecule has 1 aliphatic heterocycles. The van der Waals surface area contributed by atoms with Crippen LogP contribution in [-0.4, -0.2) is 31.9 Å². The van der Waals surface area contributed by atoms with Crippen molar-refractivity contribution in [2.24, 2.45) is 0 Å². The highest BCUT2D eigenvalue weighted by Gasteiger charge is 2.28. The molecule has 1 saturated heterocycles. The molecule has 1 fully saturated rings. The highest BCUT2D eigenvalue weighted by molar-refractivity contribution is 7.91. The number of halogens is 1. The molecular formula is C13H16ClNO3S. The van der Waals surface area contributed by atoms with Crippen molar-refractivity contribution in [2.45, 2.75) is 25.3 Å². The van der Waals surface area contributed by atoms with Gasteiger partial charge in [0.25, 0.3) is 0 Å². The summed E-state index contributed by atoms with van der Waals surface area (Å²) in [6, 6.07) is 7.16. The molecule has 6 heteroatoms. The Balaban J connectivity index is 1.81. The summed E-state index contributed by atoms with van der Waals surface area (Å²) in [5, 5.41) is 3.41. The van der Waals surface area contributed by atoms with Crippen molar-refractivity contribution in [2.75, 3.05) is 11.5 Å². The fourth-order valence-electron chi connectivity index (χ4n) is 2.16. The number of nitrogens with one attached hydrogen (secondary N) is 1. The predicted octanol–water partition coefficient (Wildman–Crippen LogP) is 1.58. The Morgan fingerprint density at radius 2 is 2.11 bits per heavy atom. The van der Waals surface area contributed by atoms with Gasteiger partial charge in [-0.3, -0.25) is 4.79 Å². The number of aryl methyl sites for hydroxylation is 1. The number of carbonyl (C=O) groups excluding carboxylic acids is 1. The van der Waals surface area contributed by atoms with Gasteiger partial charge < -0.3 is 5.32 Å². The summed E-state index contributed by atoms with van der Waals surface area (Å²) in [5.41, 5.74) is 0.929. The van der Waals surface area contributed by atoms with Crippen molar-refractivity contribution >= 4 is 27.3 Å². The molecule has 1 aromatic rings. The predicted molar refractivity (Wildman–Crippen MR) is 75.0 cm³/mol. The van der Waals surface area contributed by atoms with Gasteiger partial charge in [0.2, 0.25) is 5.91 Å². The average molecular weight is 302 g/mol. The van der Waals surface area contributed by atoms with Crippen LogP contribution in [0.25, 0.3) is 0 Å². The summed E-state index contributed by atoms with van der Waals surface area (Å²) in [4.78, 5) is 11.7. The van der Waals surface area contributed by atoms with Crippen molar-refractivity contribution in [3.63, 3.8) is 0 Å². The van der Waals surface area contributed by atoms with Gasteiger partial charge in [-0.05, 0) is 24.5 Å². The summed E-state index contributed by atoms with van der Waals surface area (Å²) in [5.74, 6) is 0.106. The first-order chi connectivity index (χ1) is 8.96. The van der Waals surface area contributed by atoms with Gasteiger partial charge in [-0.2, -0.15) is 0 Å². The van der Waals surface area contributed by atoms with E-state index in [1.54, 1.807) is 6.07 Å². The SMILES string of the molecule is O=C(CCc1ccccc1Cl)NC1CCS(=O)(=O)C1. The van der Waals surface area contributed by atoms with E-state index in [0.29, 0.717) is 24.3 Å². The normalized spacial score (nSPS) is 21.2. The van der Waals surface area contributed by atoms with Crippen LogP contribution < -0.4 is 5.32 Å². The van der Waals surface area contributed by atoms with Gasteiger partial charge in [-0.25, -0.2) is 8.42 Å². The first kappa shape index (κ1) is 14.3. The van der Waals surface area contributed by atoms with Gasteiger partial charge in [0.05, 0.1) is 11.5 Å². The third-order valence-corrected chi connectivity index (χ3v) is 5.31. The Morgan fingerprint density at radius 3 is 2.74 bits per heavy atom. The number of carbonyl (C=O) groups is 1. The topological polar surface area (TPSA) is 63.2 Å². The fraction of sp³-hybridized carbons (Fsp3) is 0.462. The van der Waals surface area contributed by atoms with Crippen LogP contribution in [0.15, 0.2) is 24.3 Å². The lowest BCUT2D eigenvalue weighted by molar-refractivity contribution is -0.121. The summed E-state index contributed by atoms with van der Waals surface area (Å²) < 4.78 is 22.6. The van der Waals surface area contributed by atoms with Crippen LogP contribution in [0.4, 0.5) is 0 Å². The quantitative estimate of drug-likeness (QED) is 0.918. The maximum Gasteiger partial charge on any atom is 0.220 e.